The fourth-order valence-electron chi connectivity index (χ4n) is 7.10. The van der Waals surface area contributed by atoms with Crippen molar-refractivity contribution in [3.05, 3.63) is 12.2 Å². The smallest absolute Gasteiger partial charge is 0.266 e. The summed E-state index contributed by atoms with van der Waals surface area (Å²) in [4.78, 5) is 12.6. The van der Waals surface area contributed by atoms with Gasteiger partial charge in [-0.3, -0.25) is 9.35 Å². The number of nitrogens with one attached hydrogen (secondary N) is 1. The van der Waals surface area contributed by atoms with Crippen LogP contribution >= 0.6 is 0 Å². The van der Waals surface area contributed by atoms with Crippen LogP contribution < -0.4 is 5.32 Å². The summed E-state index contributed by atoms with van der Waals surface area (Å²) in [6.07, 6.45) is 43.7. The number of carbonyl (C=O) groups is 1. The molecule has 0 heterocycles. The molecule has 0 saturated heterocycles. The Hall–Kier alpha value is -0.960. The van der Waals surface area contributed by atoms with E-state index >= 15 is 0 Å². The van der Waals surface area contributed by atoms with Crippen LogP contribution in [0.3, 0.4) is 0 Å². The highest BCUT2D eigenvalue weighted by Crippen LogP contribution is 2.17. The lowest BCUT2D eigenvalue weighted by Gasteiger charge is -2.24. The van der Waals surface area contributed by atoms with Gasteiger partial charge in [0, 0.05) is 0 Å². The highest BCUT2D eigenvalue weighted by atomic mass is 32.2. The fraction of sp³-hybridized carbons (Fsp3) is 0.932. The van der Waals surface area contributed by atoms with Gasteiger partial charge in [0.15, 0.2) is 0 Å². The number of hydrogen-bond donors (Lipinski definition) is 4. The summed E-state index contributed by atoms with van der Waals surface area (Å²) in [6, 6.07) is -1.15. The Morgan fingerprint density at radius 1 is 0.500 bits per heavy atom. The minimum absolute atomic E-state index is 0.286. The Kier molecular flexibility index (Phi) is 37.6. The van der Waals surface area contributed by atoms with E-state index in [1.165, 1.54) is 148 Å². The molecule has 0 aliphatic carbocycles. The minimum Gasteiger partial charge on any atom is -0.391 e. The standard InChI is InChI=1S/C44H87NO6S/c1-3-5-7-9-11-13-15-17-19-21-23-24-26-28-30-32-34-36-38-42(46)41(40-52(49,50)51)45-44(48)43(47)39-37-35-33-31-29-27-25-22-20-18-16-14-12-10-8-6-4-2/h25,27,41-43,46-47H,3-24,26,28-40H2,1-2H3,(H,45,48)(H,49,50,51)/b27-25-. The molecule has 0 aliphatic rings. The van der Waals surface area contributed by atoms with E-state index in [0.29, 0.717) is 19.3 Å². The molecule has 4 N–H and O–H groups in total. The quantitative estimate of drug-likeness (QED) is 0.0280. The number of aliphatic hydroxyl groups excluding tert-OH is 2. The van der Waals surface area contributed by atoms with Crippen LogP contribution in [-0.2, 0) is 14.9 Å². The number of unbranched alkanes of at least 4 members (excludes halogenated alkanes) is 30. The molecule has 0 rings (SSSR count). The Morgan fingerprint density at radius 2 is 0.808 bits per heavy atom. The summed E-state index contributed by atoms with van der Waals surface area (Å²) in [6.45, 7) is 4.53. The molecule has 3 atom stereocenters. The molecule has 0 radical (unpaired) electrons. The maximum atomic E-state index is 12.6. The minimum atomic E-state index is -4.41. The summed E-state index contributed by atoms with van der Waals surface area (Å²) >= 11 is 0. The van der Waals surface area contributed by atoms with Crippen LogP contribution in [0.25, 0.3) is 0 Å². The number of hydrogen-bond acceptors (Lipinski definition) is 5. The van der Waals surface area contributed by atoms with Gasteiger partial charge < -0.3 is 15.5 Å². The van der Waals surface area contributed by atoms with Crippen LogP contribution in [0.4, 0.5) is 0 Å². The first-order valence-electron chi connectivity index (χ1n) is 22.5. The van der Waals surface area contributed by atoms with Crippen molar-refractivity contribution in [1.29, 1.82) is 0 Å². The number of allylic oxidation sites excluding steroid dienone is 2. The Bertz CT molecular complexity index is 895. The molecule has 0 aliphatic heterocycles. The van der Waals surface area contributed by atoms with Crippen LogP contribution in [0, 0.1) is 0 Å². The SMILES string of the molecule is CCCCCCCCCCC/C=C\CCCCCCC(O)C(=O)NC(CS(=O)(=O)O)C(O)CCCCCCCCCCCCCCCCCCCC. The molecule has 1 amide bonds. The zero-order chi connectivity index (χ0) is 38.4. The van der Waals surface area contributed by atoms with Crippen molar-refractivity contribution in [3.8, 4) is 0 Å². The van der Waals surface area contributed by atoms with Gasteiger partial charge in [0.05, 0.1) is 17.9 Å². The van der Waals surface area contributed by atoms with Gasteiger partial charge in [-0.25, -0.2) is 0 Å². The first kappa shape index (κ1) is 51.0. The largest absolute Gasteiger partial charge is 0.391 e. The molecule has 0 aromatic rings. The third-order valence-electron chi connectivity index (χ3n) is 10.6. The first-order chi connectivity index (χ1) is 25.2. The Morgan fingerprint density at radius 3 is 1.15 bits per heavy atom. The predicted molar refractivity (Wildman–Crippen MR) is 222 cm³/mol. The van der Waals surface area contributed by atoms with E-state index in [0.717, 1.165) is 51.4 Å². The molecular formula is C44H87NO6S. The van der Waals surface area contributed by atoms with Crippen LogP contribution in [0.5, 0.6) is 0 Å². The summed E-state index contributed by atoms with van der Waals surface area (Å²) in [5.41, 5.74) is 0. The topological polar surface area (TPSA) is 124 Å². The molecule has 8 heteroatoms. The average molecular weight is 758 g/mol. The zero-order valence-electron chi connectivity index (χ0n) is 34.3. The maximum Gasteiger partial charge on any atom is 0.266 e. The Balaban J connectivity index is 3.93. The van der Waals surface area contributed by atoms with Crippen LogP contribution in [0.2, 0.25) is 0 Å². The second kappa shape index (κ2) is 38.3. The lowest BCUT2D eigenvalue weighted by molar-refractivity contribution is -0.131. The molecule has 0 saturated carbocycles. The van der Waals surface area contributed by atoms with Gasteiger partial charge in [-0.1, -0.05) is 212 Å². The number of amides is 1. The lowest BCUT2D eigenvalue weighted by Crippen LogP contribution is -2.50. The van der Waals surface area contributed by atoms with Crippen molar-refractivity contribution in [3.63, 3.8) is 0 Å². The van der Waals surface area contributed by atoms with Crippen LogP contribution in [-0.4, -0.2) is 53.1 Å². The van der Waals surface area contributed by atoms with E-state index in [2.05, 4.69) is 31.3 Å². The van der Waals surface area contributed by atoms with Gasteiger partial charge in [-0.2, -0.15) is 8.42 Å². The van der Waals surface area contributed by atoms with E-state index in [1.54, 1.807) is 0 Å². The highest BCUT2D eigenvalue weighted by Gasteiger charge is 2.28. The monoisotopic (exact) mass is 758 g/mol. The van der Waals surface area contributed by atoms with E-state index in [4.69, 9.17) is 0 Å². The van der Waals surface area contributed by atoms with Crippen molar-refractivity contribution in [2.75, 3.05) is 5.75 Å². The number of carbonyl (C=O) groups excluding carboxylic acids is 1. The van der Waals surface area contributed by atoms with Crippen LogP contribution in [0.15, 0.2) is 12.2 Å². The predicted octanol–water partition coefficient (Wildman–Crippen LogP) is 12.3. The molecule has 0 aromatic heterocycles. The first-order valence-corrected chi connectivity index (χ1v) is 24.1. The molecular weight excluding hydrogens is 671 g/mol. The molecule has 310 valence electrons. The van der Waals surface area contributed by atoms with Crippen LogP contribution in [0.1, 0.15) is 239 Å². The second-order valence-electron chi connectivity index (χ2n) is 15.8. The number of aliphatic hydroxyl groups is 2. The molecule has 0 fully saturated rings. The second-order valence-corrected chi connectivity index (χ2v) is 17.3. The van der Waals surface area contributed by atoms with Gasteiger partial charge >= 0.3 is 0 Å². The fourth-order valence-corrected chi connectivity index (χ4v) is 7.86. The van der Waals surface area contributed by atoms with Gasteiger partial charge in [0.2, 0.25) is 5.91 Å². The lowest BCUT2D eigenvalue weighted by atomic mass is 10.0. The van der Waals surface area contributed by atoms with Crippen molar-refractivity contribution in [2.24, 2.45) is 0 Å². The van der Waals surface area contributed by atoms with E-state index < -0.39 is 40.0 Å². The van der Waals surface area contributed by atoms with E-state index in [1.807, 2.05) is 0 Å². The van der Waals surface area contributed by atoms with Gasteiger partial charge in [0.25, 0.3) is 10.1 Å². The third-order valence-corrected chi connectivity index (χ3v) is 11.4. The maximum absolute atomic E-state index is 12.6. The molecule has 52 heavy (non-hydrogen) atoms. The zero-order valence-corrected chi connectivity index (χ0v) is 35.1. The third kappa shape index (κ3) is 37.4. The summed E-state index contributed by atoms with van der Waals surface area (Å²) in [5, 5.41) is 23.6. The molecule has 0 aromatic carbocycles. The Labute approximate surface area is 323 Å². The van der Waals surface area contributed by atoms with E-state index in [9.17, 15) is 28.0 Å². The molecule has 0 bridgehead atoms. The highest BCUT2D eigenvalue weighted by molar-refractivity contribution is 7.85. The number of rotatable bonds is 41. The summed E-state index contributed by atoms with van der Waals surface area (Å²) in [7, 11) is -4.41. The van der Waals surface area contributed by atoms with Crippen molar-refractivity contribution in [2.45, 2.75) is 257 Å². The van der Waals surface area contributed by atoms with Gasteiger partial charge in [-0.15, -0.1) is 0 Å². The van der Waals surface area contributed by atoms with Crippen molar-refractivity contribution in [1.82, 2.24) is 5.32 Å². The average Bonchev–Trinajstić information content (AvgIpc) is 3.11. The van der Waals surface area contributed by atoms with Gasteiger partial charge in [0.1, 0.15) is 6.10 Å². The van der Waals surface area contributed by atoms with Crippen molar-refractivity contribution < 1.29 is 28.0 Å². The molecule has 7 nitrogen and oxygen atoms in total. The van der Waals surface area contributed by atoms with Crippen molar-refractivity contribution >= 4 is 16.0 Å². The van der Waals surface area contributed by atoms with Gasteiger partial charge in [-0.05, 0) is 38.5 Å². The van der Waals surface area contributed by atoms with E-state index in [-0.39, 0.29) is 6.42 Å². The summed E-state index contributed by atoms with van der Waals surface area (Å²) in [5.74, 6) is -1.46. The summed E-state index contributed by atoms with van der Waals surface area (Å²) < 4.78 is 32.6. The normalized spacial score (nSPS) is 13.9. The molecule has 3 unspecified atom stereocenters. The molecule has 0 spiro atoms.